The van der Waals surface area contributed by atoms with Crippen LogP contribution in [0.15, 0.2) is 40.3 Å². The third-order valence-electron chi connectivity index (χ3n) is 2.32. The molecule has 0 bridgehead atoms. The first kappa shape index (κ1) is 14.4. The van der Waals surface area contributed by atoms with Gasteiger partial charge in [0, 0.05) is 6.54 Å². The van der Waals surface area contributed by atoms with Crippen LogP contribution in [-0.2, 0) is 0 Å². The molecule has 17 heavy (non-hydrogen) atoms. The second kappa shape index (κ2) is 6.95. The standard InChI is InChI=1S/C12H16NOPS.CH4/c1-3-8-13(2)15(11-6-4-9-14-11)12-7-5-10-16-12;/h4-7,9-10H,3,8H2,1-2H3;1H4. The Hall–Kier alpha value is -0.630. The summed E-state index contributed by atoms with van der Waals surface area (Å²) in [5.41, 5.74) is 1.09. The van der Waals surface area contributed by atoms with Gasteiger partial charge in [-0.2, -0.15) is 0 Å². The van der Waals surface area contributed by atoms with Crippen molar-refractivity contribution in [2.24, 2.45) is 0 Å². The number of hydrogen-bond acceptors (Lipinski definition) is 3. The van der Waals surface area contributed by atoms with Crippen LogP contribution in [0.2, 0.25) is 0 Å². The fraction of sp³-hybridized carbons (Fsp3) is 0.385. The highest BCUT2D eigenvalue weighted by atomic mass is 32.1. The summed E-state index contributed by atoms with van der Waals surface area (Å²) >= 11 is 1.81. The monoisotopic (exact) mass is 269 g/mol. The van der Waals surface area contributed by atoms with E-state index in [1.807, 2.05) is 17.4 Å². The number of hydrogen-bond donors (Lipinski definition) is 0. The first-order chi connectivity index (χ1) is 7.83. The number of nitrogens with zero attached hydrogens (tertiary/aromatic N) is 1. The minimum Gasteiger partial charge on any atom is -0.463 e. The Morgan fingerprint density at radius 1 is 1.35 bits per heavy atom. The van der Waals surface area contributed by atoms with Crippen LogP contribution in [0.4, 0.5) is 0 Å². The summed E-state index contributed by atoms with van der Waals surface area (Å²) in [4.78, 5) is 0. The molecule has 2 rings (SSSR count). The van der Waals surface area contributed by atoms with E-state index >= 15 is 0 Å². The van der Waals surface area contributed by atoms with Gasteiger partial charge in [-0.15, -0.1) is 11.3 Å². The lowest BCUT2D eigenvalue weighted by molar-refractivity contribution is 0.538. The molecule has 1 unspecified atom stereocenters. The van der Waals surface area contributed by atoms with Gasteiger partial charge in [0.25, 0.3) is 0 Å². The van der Waals surface area contributed by atoms with E-state index in [1.165, 1.54) is 11.0 Å². The van der Waals surface area contributed by atoms with Gasteiger partial charge in [0.15, 0.2) is 0 Å². The first-order valence-electron chi connectivity index (χ1n) is 5.41. The molecule has 2 nitrogen and oxygen atoms in total. The van der Waals surface area contributed by atoms with Crippen LogP contribution in [0.3, 0.4) is 0 Å². The summed E-state index contributed by atoms with van der Waals surface area (Å²) in [7, 11) is 1.72. The van der Waals surface area contributed by atoms with Gasteiger partial charge in [-0.1, -0.05) is 20.4 Å². The molecule has 0 saturated carbocycles. The van der Waals surface area contributed by atoms with Crippen LogP contribution in [-0.4, -0.2) is 18.3 Å². The van der Waals surface area contributed by atoms with Crippen molar-refractivity contribution in [1.82, 2.24) is 4.67 Å². The molecule has 0 aliphatic heterocycles. The van der Waals surface area contributed by atoms with E-state index in [0.717, 1.165) is 12.0 Å². The zero-order valence-electron chi connectivity index (χ0n) is 9.59. The summed E-state index contributed by atoms with van der Waals surface area (Å²) in [6, 6.07) is 8.36. The van der Waals surface area contributed by atoms with Crippen LogP contribution in [0.5, 0.6) is 0 Å². The molecule has 0 spiro atoms. The van der Waals surface area contributed by atoms with E-state index in [2.05, 4.69) is 42.2 Å². The maximum Gasteiger partial charge on any atom is 0.145 e. The molecule has 2 aromatic heterocycles. The van der Waals surface area contributed by atoms with Crippen LogP contribution in [0.1, 0.15) is 20.8 Å². The molecule has 0 saturated heterocycles. The molecule has 0 amide bonds. The van der Waals surface area contributed by atoms with Gasteiger partial charge < -0.3 is 4.42 Å². The Labute approximate surface area is 109 Å². The number of furan rings is 1. The molecule has 2 heterocycles. The summed E-state index contributed by atoms with van der Waals surface area (Å²) in [6.07, 6.45) is 2.93. The van der Waals surface area contributed by atoms with Crippen LogP contribution in [0, 0.1) is 0 Å². The Balaban J connectivity index is 0.00000144. The SMILES string of the molecule is C.CCCN(C)P(c1ccco1)c1cccs1. The number of thiophene rings is 1. The highest BCUT2D eigenvalue weighted by Gasteiger charge is 2.22. The topological polar surface area (TPSA) is 16.4 Å². The van der Waals surface area contributed by atoms with Crippen LogP contribution >= 0.6 is 19.4 Å². The van der Waals surface area contributed by atoms with Gasteiger partial charge in [-0.3, -0.25) is 4.67 Å². The van der Waals surface area contributed by atoms with Gasteiger partial charge in [-0.25, -0.2) is 0 Å². The molecule has 0 fully saturated rings. The average Bonchev–Trinajstić information content (AvgIpc) is 2.91. The fourth-order valence-electron chi connectivity index (χ4n) is 1.65. The molecular formula is C13H20NOPS. The minimum absolute atomic E-state index is 0. The summed E-state index contributed by atoms with van der Waals surface area (Å²) in [6.45, 7) is 3.31. The van der Waals surface area contributed by atoms with Crippen molar-refractivity contribution in [2.75, 3.05) is 13.6 Å². The van der Waals surface area contributed by atoms with Gasteiger partial charge >= 0.3 is 0 Å². The highest BCUT2D eigenvalue weighted by molar-refractivity contribution is 7.75. The normalized spacial score (nSPS) is 12.4. The Morgan fingerprint density at radius 2 is 2.18 bits per heavy atom. The molecule has 4 heteroatoms. The smallest absolute Gasteiger partial charge is 0.145 e. The van der Waals surface area contributed by atoms with Gasteiger partial charge in [0.1, 0.15) is 5.50 Å². The summed E-state index contributed by atoms with van der Waals surface area (Å²) in [5.74, 6) is 0. The zero-order valence-corrected chi connectivity index (χ0v) is 11.3. The van der Waals surface area contributed by atoms with E-state index < -0.39 is 8.07 Å². The third-order valence-corrected chi connectivity index (χ3v) is 5.95. The van der Waals surface area contributed by atoms with E-state index in [0.29, 0.717) is 0 Å². The number of rotatable bonds is 5. The lowest BCUT2D eigenvalue weighted by atomic mass is 10.5. The highest BCUT2D eigenvalue weighted by Crippen LogP contribution is 2.38. The molecule has 0 aromatic carbocycles. The van der Waals surface area contributed by atoms with E-state index in [1.54, 1.807) is 6.26 Å². The molecule has 0 N–H and O–H groups in total. The van der Waals surface area contributed by atoms with Gasteiger partial charge in [-0.05, 0) is 37.0 Å². The first-order valence-corrected chi connectivity index (χ1v) is 7.58. The quantitative estimate of drug-likeness (QED) is 0.770. The van der Waals surface area contributed by atoms with Crippen molar-refractivity contribution in [1.29, 1.82) is 0 Å². The molecule has 0 aliphatic rings. The van der Waals surface area contributed by atoms with E-state index in [9.17, 15) is 0 Å². The lowest BCUT2D eigenvalue weighted by Gasteiger charge is -2.24. The predicted octanol–water partition coefficient (Wildman–Crippen LogP) is 3.67. The van der Waals surface area contributed by atoms with Crippen molar-refractivity contribution < 1.29 is 4.42 Å². The molecule has 2 aromatic rings. The minimum atomic E-state index is -0.459. The van der Waals surface area contributed by atoms with Crippen LogP contribution < -0.4 is 10.1 Å². The van der Waals surface area contributed by atoms with Crippen molar-refractivity contribution in [3.8, 4) is 0 Å². The molecule has 1 atom stereocenters. The molecular weight excluding hydrogens is 249 g/mol. The third kappa shape index (κ3) is 3.41. The fourth-order valence-corrected chi connectivity index (χ4v) is 5.28. The predicted molar refractivity (Wildman–Crippen MR) is 78.9 cm³/mol. The Morgan fingerprint density at radius 3 is 2.71 bits per heavy atom. The second-order valence-corrected chi connectivity index (χ2v) is 7.07. The maximum atomic E-state index is 5.58. The lowest BCUT2D eigenvalue weighted by Crippen LogP contribution is -2.24. The average molecular weight is 269 g/mol. The van der Waals surface area contributed by atoms with Crippen molar-refractivity contribution in [3.05, 3.63) is 35.9 Å². The Kier molecular flexibility index (Phi) is 5.90. The second-order valence-electron chi connectivity index (χ2n) is 3.60. The van der Waals surface area contributed by atoms with E-state index in [4.69, 9.17) is 4.42 Å². The van der Waals surface area contributed by atoms with Crippen molar-refractivity contribution >= 4 is 29.5 Å². The molecule has 0 radical (unpaired) electrons. The van der Waals surface area contributed by atoms with Gasteiger partial charge in [0.05, 0.1) is 19.0 Å². The maximum absolute atomic E-state index is 5.58. The zero-order chi connectivity index (χ0) is 11.4. The molecule has 0 aliphatic carbocycles. The molecule has 94 valence electrons. The Bertz CT molecular complexity index is 365. The largest absolute Gasteiger partial charge is 0.463 e. The summed E-state index contributed by atoms with van der Waals surface area (Å²) < 4.78 is 9.39. The van der Waals surface area contributed by atoms with Crippen molar-refractivity contribution in [3.63, 3.8) is 0 Å². The van der Waals surface area contributed by atoms with E-state index in [-0.39, 0.29) is 7.43 Å². The van der Waals surface area contributed by atoms with Crippen LogP contribution in [0.25, 0.3) is 0 Å². The van der Waals surface area contributed by atoms with Gasteiger partial charge in [0.2, 0.25) is 0 Å². The van der Waals surface area contributed by atoms with Crippen molar-refractivity contribution in [2.45, 2.75) is 20.8 Å². The summed E-state index contributed by atoms with van der Waals surface area (Å²) in [5, 5.41) is 2.13.